The molecule has 0 aliphatic heterocycles. The zero-order chi connectivity index (χ0) is 14.6. The number of rotatable bonds is 11. The molecule has 0 saturated heterocycles. The minimum Gasteiger partial charge on any atom is -0.395 e. The molecule has 0 spiro atoms. The van der Waals surface area contributed by atoms with Crippen LogP contribution in [0.2, 0.25) is 0 Å². The molecule has 0 aromatic heterocycles. The highest BCUT2D eigenvalue weighted by Crippen LogP contribution is 2.08. The lowest BCUT2D eigenvalue weighted by Gasteiger charge is -2.19. The first-order chi connectivity index (χ1) is 9.80. The van der Waals surface area contributed by atoms with E-state index in [2.05, 4.69) is 48.0 Å². The van der Waals surface area contributed by atoms with Gasteiger partial charge in [0.25, 0.3) is 0 Å². The van der Waals surface area contributed by atoms with E-state index >= 15 is 0 Å². The maximum atomic E-state index is 9.04. The van der Waals surface area contributed by atoms with Crippen molar-refractivity contribution in [3.05, 3.63) is 48.0 Å². The Hall–Kier alpha value is -1.16. The van der Waals surface area contributed by atoms with E-state index < -0.39 is 0 Å². The van der Waals surface area contributed by atoms with Crippen LogP contribution in [0.15, 0.2) is 36.9 Å². The van der Waals surface area contributed by atoms with Crippen molar-refractivity contribution < 1.29 is 5.11 Å². The molecule has 20 heavy (non-hydrogen) atoms. The summed E-state index contributed by atoms with van der Waals surface area (Å²) in [5.41, 5.74) is 2.65. The van der Waals surface area contributed by atoms with Crippen LogP contribution in [0, 0.1) is 0 Å². The fourth-order valence-electron chi connectivity index (χ4n) is 2.16. The van der Waals surface area contributed by atoms with Crippen LogP contribution in [0.4, 0.5) is 0 Å². The number of hydrogen-bond acceptors (Lipinski definition) is 3. The fraction of sp³-hybridized carbons (Fsp3) is 0.529. The molecule has 0 saturated carbocycles. The van der Waals surface area contributed by atoms with Crippen molar-refractivity contribution in [3.63, 3.8) is 0 Å². The van der Waals surface area contributed by atoms with Gasteiger partial charge in [-0.25, -0.2) is 0 Å². The van der Waals surface area contributed by atoms with Gasteiger partial charge >= 0.3 is 0 Å². The predicted molar refractivity (Wildman–Crippen MR) is 85.9 cm³/mol. The molecule has 0 unspecified atom stereocenters. The Morgan fingerprint density at radius 2 is 1.90 bits per heavy atom. The minimum absolute atomic E-state index is 0.190. The van der Waals surface area contributed by atoms with Crippen molar-refractivity contribution >= 4 is 0 Å². The molecule has 0 aliphatic rings. The van der Waals surface area contributed by atoms with E-state index in [0.717, 1.165) is 32.6 Å². The molecule has 0 fully saturated rings. The Morgan fingerprint density at radius 1 is 1.20 bits per heavy atom. The summed E-state index contributed by atoms with van der Waals surface area (Å²) in [6.07, 6.45) is 4.14. The molecule has 112 valence electrons. The first-order valence-electron chi connectivity index (χ1n) is 7.52. The topological polar surface area (TPSA) is 35.5 Å². The highest BCUT2D eigenvalue weighted by atomic mass is 16.3. The summed E-state index contributed by atoms with van der Waals surface area (Å²) < 4.78 is 0. The fourth-order valence-corrected chi connectivity index (χ4v) is 2.16. The van der Waals surface area contributed by atoms with E-state index in [1.807, 2.05) is 6.08 Å². The smallest absolute Gasteiger partial charge is 0.0558 e. The predicted octanol–water partition coefficient (Wildman–Crippen LogP) is 2.21. The largest absolute Gasteiger partial charge is 0.395 e. The monoisotopic (exact) mass is 276 g/mol. The van der Waals surface area contributed by atoms with Gasteiger partial charge < -0.3 is 10.4 Å². The van der Waals surface area contributed by atoms with Crippen LogP contribution in [-0.2, 0) is 13.0 Å². The van der Waals surface area contributed by atoms with Crippen LogP contribution in [0.1, 0.15) is 24.5 Å². The highest BCUT2D eigenvalue weighted by molar-refractivity contribution is 5.22. The average molecular weight is 276 g/mol. The van der Waals surface area contributed by atoms with Crippen molar-refractivity contribution in [2.75, 3.05) is 32.8 Å². The van der Waals surface area contributed by atoms with E-state index in [1.54, 1.807) is 0 Å². The summed E-state index contributed by atoms with van der Waals surface area (Å²) in [5, 5.41) is 12.5. The number of nitrogens with one attached hydrogen (secondary N) is 1. The maximum Gasteiger partial charge on any atom is 0.0558 e. The summed E-state index contributed by atoms with van der Waals surface area (Å²) in [6, 6.07) is 8.77. The second kappa shape index (κ2) is 10.6. The normalized spacial score (nSPS) is 10.9. The van der Waals surface area contributed by atoms with Gasteiger partial charge in [0.1, 0.15) is 0 Å². The Bertz CT molecular complexity index is 362. The summed E-state index contributed by atoms with van der Waals surface area (Å²) in [7, 11) is 0. The van der Waals surface area contributed by atoms with Crippen LogP contribution >= 0.6 is 0 Å². The molecule has 3 nitrogen and oxygen atoms in total. The van der Waals surface area contributed by atoms with Crippen LogP contribution in [0.5, 0.6) is 0 Å². The van der Waals surface area contributed by atoms with Gasteiger partial charge in [-0.05, 0) is 37.1 Å². The third-order valence-electron chi connectivity index (χ3n) is 3.25. The molecule has 0 amide bonds. The molecular weight excluding hydrogens is 248 g/mol. The zero-order valence-electron chi connectivity index (χ0n) is 12.6. The highest BCUT2D eigenvalue weighted by Gasteiger charge is 2.03. The van der Waals surface area contributed by atoms with Crippen LogP contribution in [0.25, 0.3) is 0 Å². The number of nitrogens with zero attached hydrogens (tertiary/aromatic N) is 1. The van der Waals surface area contributed by atoms with E-state index in [1.165, 1.54) is 17.5 Å². The van der Waals surface area contributed by atoms with Gasteiger partial charge in [-0.15, -0.1) is 6.58 Å². The van der Waals surface area contributed by atoms with Crippen LogP contribution in [-0.4, -0.2) is 42.8 Å². The SMILES string of the molecule is C=CCN(CCO)Cc1ccc(CCNCCC)cc1. The Balaban J connectivity index is 2.42. The lowest BCUT2D eigenvalue weighted by Crippen LogP contribution is -2.26. The second-order valence-corrected chi connectivity index (χ2v) is 5.06. The number of benzene rings is 1. The van der Waals surface area contributed by atoms with Crippen molar-refractivity contribution in [1.29, 1.82) is 0 Å². The Morgan fingerprint density at radius 3 is 2.50 bits per heavy atom. The first kappa shape index (κ1) is 16.9. The van der Waals surface area contributed by atoms with E-state index in [-0.39, 0.29) is 6.61 Å². The molecule has 3 heteroatoms. The van der Waals surface area contributed by atoms with Gasteiger partial charge in [-0.2, -0.15) is 0 Å². The summed E-state index contributed by atoms with van der Waals surface area (Å²) in [6.45, 7) is 10.6. The minimum atomic E-state index is 0.190. The third kappa shape index (κ3) is 6.85. The molecule has 1 aromatic rings. The second-order valence-electron chi connectivity index (χ2n) is 5.06. The molecule has 0 heterocycles. The van der Waals surface area contributed by atoms with E-state index in [0.29, 0.717) is 6.54 Å². The van der Waals surface area contributed by atoms with Crippen molar-refractivity contribution in [3.8, 4) is 0 Å². The molecule has 1 aromatic carbocycles. The molecule has 2 N–H and O–H groups in total. The molecule has 0 bridgehead atoms. The van der Waals surface area contributed by atoms with E-state index in [9.17, 15) is 0 Å². The first-order valence-corrected chi connectivity index (χ1v) is 7.52. The summed E-state index contributed by atoms with van der Waals surface area (Å²) in [4.78, 5) is 2.19. The van der Waals surface area contributed by atoms with Gasteiger partial charge in [0, 0.05) is 19.6 Å². The number of aliphatic hydroxyl groups excluding tert-OH is 1. The zero-order valence-corrected chi connectivity index (χ0v) is 12.6. The van der Waals surface area contributed by atoms with Crippen molar-refractivity contribution in [2.24, 2.45) is 0 Å². The quantitative estimate of drug-likeness (QED) is 0.480. The number of aliphatic hydroxyl groups is 1. The lowest BCUT2D eigenvalue weighted by atomic mass is 10.1. The maximum absolute atomic E-state index is 9.04. The van der Waals surface area contributed by atoms with Crippen molar-refractivity contribution in [2.45, 2.75) is 26.3 Å². The van der Waals surface area contributed by atoms with Gasteiger partial charge in [-0.1, -0.05) is 37.3 Å². The van der Waals surface area contributed by atoms with Gasteiger partial charge in [0.05, 0.1) is 6.61 Å². The van der Waals surface area contributed by atoms with Gasteiger partial charge in [0.15, 0.2) is 0 Å². The standard InChI is InChI=1S/C17H28N2O/c1-3-10-18-11-9-16-5-7-17(8-6-16)15-19(12-4-2)13-14-20/h4-8,18,20H,2-3,9-15H2,1H3. The van der Waals surface area contributed by atoms with E-state index in [4.69, 9.17) is 5.11 Å². The van der Waals surface area contributed by atoms with Crippen LogP contribution in [0.3, 0.4) is 0 Å². The van der Waals surface area contributed by atoms with Crippen LogP contribution < -0.4 is 5.32 Å². The number of hydrogen-bond donors (Lipinski definition) is 2. The molecule has 0 radical (unpaired) electrons. The lowest BCUT2D eigenvalue weighted by molar-refractivity contribution is 0.203. The van der Waals surface area contributed by atoms with Gasteiger partial charge in [-0.3, -0.25) is 4.90 Å². The Labute approximate surface area is 123 Å². The molecule has 1 rings (SSSR count). The van der Waals surface area contributed by atoms with Gasteiger partial charge in [0.2, 0.25) is 0 Å². The molecular formula is C17H28N2O. The summed E-state index contributed by atoms with van der Waals surface area (Å²) in [5.74, 6) is 0. The third-order valence-corrected chi connectivity index (χ3v) is 3.25. The average Bonchev–Trinajstić information content (AvgIpc) is 2.46. The van der Waals surface area contributed by atoms with Crippen molar-refractivity contribution in [1.82, 2.24) is 10.2 Å². The Kier molecular flexibility index (Phi) is 8.96. The molecule has 0 aliphatic carbocycles. The molecule has 0 atom stereocenters. The summed E-state index contributed by atoms with van der Waals surface area (Å²) >= 11 is 0.